The normalized spacial score (nSPS) is 14.5. The van der Waals surface area contributed by atoms with Gasteiger partial charge in [0.05, 0.1) is 0 Å². The van der Waals surface area contributed by atoms with E-state index < -0.39 is 23.6 Å². The van der Waals surface area contributed by atoms with Crippen molar-refractivity contribution in [3.8, 4) is 0 Å². The Morgan fingerprint density at radius 3 is 2.16 bits per heavy atom. The quantitative estimate of drug-likeness (QED) is 0.879. The van der Waals surface area contributed by atoms with Gasteiger partial charge in [-0.1, -0.05) is 30.3 Å². The average Bonchev–Trinajstić information content (AvgIpc) is 2.28. The van der Waals surface area contributed by atoms with Crippen molar-refractivity contribution >= 4 is 11.9 Å². The predicted octanol–water partition coefficient (Wildman–Crippen LogP) is 1.75. The van der Waals surface area contributed by atoms with Crippen molar-refractivity contribution in [2.75, 3.05) is 0 Å². The van der Waals surface area contributed by atoms with Gasteiger partial charge in [0.2, 0.25) is 0 Å². The number of carboxylic acid groups (broad SMARTS) is 1. The van der Waals surface area contributed by atoms with Gasteiger partial charge >= 0.3 is 18.1 Å². The molecule has 2 N–H and O–H groups in total. The number of nitrogens with one attached hydrogen (secondary N) is 1. The number of alkyl halides is 3. The molecule has 0 aliphatic heterocycles. The van der Waals surface area contributed by atoms with Gasteiger partial charge in [0.15, 0.2) is 0 Å². The summed E-state index contributed by atoms with van der Waals surface area (Å²) in [5.74, 6) is -3.80. The highest BCUT2D eigenvalue weighted by molar-refractivity contribution is 5.89. The average molecular weight is 275 g/mol. The molecule has 0 bridgehead atoms. The molecule has 0 saturated carbocycles. The fourth-order valence-electron chi connectivity index (χ4n) is 1.50. The van der Waals surface area contributed by atoms with Crippen LogP contribution < -0.4 is 5.32 Å². The van der Waals surface area contributed by atoms with E-state index in [-0.39, 0.29) is 6.42 Å². The standard InChI is InChI=1S/C12H12F3NO3/c1-11(10(18)19,16-9(17)12(13,14)15)7-8-5-3-2-4-6-8/h2-6H,7H2,1H3,(H,16,17)(H,18,19)/t11-/m0/s1. The Morgan fingerprint density at radius 1 is 1.21 bits per heavy atom. The summed E-state index contributed by atoms with van der Waals surface area (Å²) in [6.07, 6.45) is -5.36. The summed E-state index contributed by atoms with van der Waals surface area (Å²) < 4.78 is 36.5. The molecule has 0 heterocycles. The van der Waals surface area contributed by atoms with Gasteiger partial charge in [-0.3, -0.25) is 4.79 Å². The molecular weight excluding hydrogens is 263 g/mol. The van der Waals surface area contributed by atoms with Crippen LogP contribution in [0.1, 0.15) is 12.5 Å². The third kappa shape index (κ3) is 3.97. The van der Waals surface area contributed by atoms with E-state index in [1.807, 2.05) is 0 Å². The fraction of sp³-hybridized carbons (Fsp3) is 0.333. The molecule has 0 aliphatic rings. The van der Waals surface area contributed by atoms with Gasteiger partial charge in [-0.15, -0.1) is 0 Å². The van der Waals surface area contributed by atoms with Crippen molar-refractivity contribution in [2.45, 2.75) is 25.1 Å². The zero-order valence-corrected chi connectivity index (χ0v) is 9.99. The third-order valence-corrected chi connectivity index (χ3v) is 2.52. The number of carboxylic acids is 1. The van der Waals surface area contributed by atoms with Crippen LogP contribution in [0.4, 0.5) is 13.2 Å². The molecule has 104 valence electrons. The van der Waals surface area contributed by atoms with Crippen molar-refractivity contribution in [3.05, 3.63) is 35.9 Å². The summed E-state index contributed by atoms with van der Waals surface area (Å²) in [6, 6.07) is 8.09. The van der Waals surface area contributed by atoms with Crippen LogP contribution in [0, 0.1) is 0 Å². The van der Waals surface area contributed by atoms with Crippen LogP contribution in [0.5, 0.6) is 0 Å². The van der Waals surface area contributed by atoms with Crippen LogP contribution in [0.2, 0.25) is 0 Å². The molecule has 1 aromatic carbocycles. The van der Waals surface area contributed by atoms with Gasteiger partial charge in [0.25, 0.3) is 0 Å². The number of aliphatic carboxylic acids is 1. The molecule has 0 unspecified atom stereocenters. The second-order valence-corrected chi connectivity index (χ2v) is 4.25. The second kappa shape index (κ2) is 5.29. The summed E-state index contributed by atoms with van der Waals surface area (Å²) >= 11 is 0. The van der Waals surface area contributed by atoms with Crippen molar-refractivity contribution in [2.24, 2.45) is 0 Å². The van der Waals surface area contributed by atoms with E-state index in [1.54, 1.807) is 30.3 Å². The topological polar surface area (TPSA) is 66.4 Å². The van der Waals surface area contributed by atoms with Crippen LogP contribution >= 0.6 is 0 Å². The molecule has 1 rings (SSSR count). The van der Waals surface area contributed by atoms with Crippen molar-refractivity contribution in [1.29, 1.82) is 0 Å². The number of benzene rings is 1. The Hall–Kier alpha value is -2.05. The molecule has 0 aromatic heterocycles. The molecule has 19 heavy (non-hydrogen) atoms. The molecule has 4 nitrogen and oxygen atoms in total. The van der Waals surface area contributed by atoms with Gasteiger partial charge in [-0.25, -0.2) is 4.79 Å². The largest absolute Gasteiger partial charge is 0.480 e. The number of halogens is 3. The summed E-state index contributed by atoms with van der Waals surface area (Å²) in [5, 5.41) is 10.5. The molecule has 7 heteroatoms. The third-order valence-electron chi connectivity index (χ3n) is 2.52. The highest BCUT2D eigenvalue weighted by Crippen LogP contribution is 2.19. The fourth-order valence-corrected chi connectivity index (χ4v) is 1.50. The van der Waals surface area contributed by atoms with Crippen LogP contribution in [-0.2, 0) is 16.0 Å². The van der Waals surface area contributed by atoms with E-state index in [4.69, 9.17) is 5.11 Å². The van der Waals surface area contributed by atoms with E-state index in [0.717, 1.165) is 6.92 Å². The van der Waals surface area contributed by atoms with Crippen LogP contribution in [-0.4, -0.2) is 28.7 Å². The van der Waals surface area contributed by atoms with Gasteiger partial charge in [-0.2, -0.15) is 13.2 Å². The van der Waals surface area contributed by atoms with E-state index in [9.17, 15) is 22.8 Å². The molecule has 0 fully saturated rings. The van der Waals surface area contributed by atoms with Crippen molar-refractivity contribution < 1.29 is 27.9 Å². The lowest BCUT2D eigenvalue weighted by molar-refractivity contribution is -0.177. The molecule has 1 atom stereocenters. The lowest BCUT2D eigenvalue weighted by atomic mass is 9.92. The minimum Gasteiger partial charge on any atom is -0.480 e. The maximum absolute atomic E-state index is 12.2. The number of hydrogen-bond donors (Lipinski definition) is 2. The second-order valence-electron chi connectivity index (χ2n) is 4.25. The van der Waals surface area contributed by atoms with Crippen LogP contribution in [0.3, 0.4) is 0 Å². The van der Waals surface area contributed by atoms with Crippen LogP contribution in [0.25, 0.3) is 0 Å². The van der Waals surface area contributed by atoms with Gasteiger partial charge < -0.3 is 10.4 Å². The summed E-state index contributed by atoms with van der Waals surface area (Å²) in [6.45, 7) is 1.03. The minimum atomic E-state index is -5.12. The van der Waals surface area contributed by atoms with E-state index in [2.05, 4.69) is 0 Å². The van der Waals surface area contributed by atoms with Gasteiger partial charge in [0.1, 0.15) is 5.54 Å². The minimum absolute atomic E-state index is 0.245. The summed E-state index contributed by atoms with van der Waals surface area (Å²) in [4.78, 5) is 22.0. The lowest BCUT2D eigenvalue weighted by Gasteiger charge is -2.26. The Balaban J connectivity index is 2.93. The van der Waals surface area contributed by atoms with Crippen molar-refractivity contribution in [3.63, 3.8) is 0 Å². The maximum atomic E-state index is 12.2. The smallest absolute Gasteiger partial charge is 0.471 e. The number of carbonyl (C=O) groups excluding carboxylic acids is 1. The molecule has 0 aliphatic carbocycles. The summed E-state index contributed by atoms with van der Waals surface area (Å²) in [5.41, 5.74) is -1.51. The Kier molecular flexibility index (Phi) is 4.18. The molecule has 1 amide bonds. The number of amides is 1. The SMILES string of the molecule is C[C@@](Cc1ccccc1)(NC(=O)C(F)(F)F)C(=O)O. The van der Waals surface area contributed by atoms with E-state index in [0.29, 0.717) is 5.56 Å². The lowest BCUT2D eigenvalue weighted by Crippen LogP contribution is -2.57. The van der Waals surface area contributed by atoms with E-state index in [1.165, 1.54) is 5.32 Å². The number of rotatable bonds is 4. The molecule has 0 saturated heterocycles. The first kappa shape index (κ1) is 15.0. The first-order valence-corrected chi connectivity index (χ1v) is 5.32. The maximum Gasteiger partial charge on any atom is 0.471 e. The zero-order valence-electron chi connectivity index (χ0n) is 9.99. The monoisotopic (exact) mass is 275 g/mol. The Labute approximate surface area is 107 Å². The highest BCUT2D eigenvalue weighted by atomic mass is 19.4. The Morgan fingerprint density at radius 2 is 1.74 bits per heavy atom. The number of carbonyl (C=O) groups is 2. The van der Waals surface area contributed by atoms with Gasteiger partial charge in [0, 0.05) is 6.42 Å². The molecule has 0 radical (unpaired) electrons. The van der Waals surface area contributed by atoms with E-state index >= 15 is 0 Å². The Bertz CT molecular complexity index is 473. The molecule has 1 aromatic rings. The van der Waals surface area contributed by atoms with Gasteiger partial charge in [-0.05, 0) is 12.5 Å². The van der Waals surface area contributed by atoms with Crippen molar-refractivity contribution in [1.82, 2.24) is 5.32 Å². The molecule has 0 spiro atoms. The number of hydrogen-bond acceptors (Lipinski definition) is 2. The zero-order chi connectivity index (χ0) is 14.7. The van der Waals surface area contributed by atoms with Crippen LogP contribution in [0.15, 0.2) is 30.3 Å². The first-order chi connectivity index (χ1) is 8.65. The molecular formula is C12H12F3NO3. The predicted molar refractivity (Wildman–Crippen MR) is 60.4 cm³/mol. The first-order valence-electron chi connectivity index (χ1n) is 5.32. The highest BCUT2D eigenvalue weighted by Gasteiger charge is 2.45. The summed E-state index contributed by atoms with van der Waals surface area (Å²) in [7, 11) is 0.